The molecular weight excluding hydrogens is 346 g/mol. The van der Waals surface area contributed by atoms with Crippen LogP contribution in [0.3, 0.4) is 0 Å². The molecule has 3 rings (SSSR count). The lowest BCUT2D eigenvalue weighted by atomic mass is 10.1. The quantitative estimate of drug-likeness (QED) is 0.863. The maximum atomic E-state index is 12.0. The van der Waals surface area contributed by atoms with E-state index in [0.717, 1.165) is 15.7 Å². The van der Waals surface area contributed by atoms with Gasteiger partial charge in [-0.05, 0) is 42.5 Å². The molecule has 2 N–H and O–H groups in total. The molecule has 1 aliphatic heterocycles. The minimum absolute atomic E-state index is 0.131. The van der Waals surface area contributed by atoms with E-state index in [-0.39, 0.29) is 11.8 Å². The van der Waals surface area contributed by atoms with Crippen LogP contribution in [0, 0.1) is 0 Å². The topological polar surface area (TPSA) is 70.6 Å². The van der Waals surface area contributed by atoms with Crippen LogP contribution in [0.15, 0.2) is 51.9 Å². The van der Waals surface area contributed by atoms with Crippen molar-refractivity contribution in [2.75, 3.05) is 10.6 Å². The van der Waals surface area contributed by atoms with E-state index in [9.17, 15) is 9.59 Å². The summed E-state index contributed by atoms with van der Waals surface area (Å²) in [5, 5.41) is 5.47. The molecule has 0 bridgehead atoms. The number of nitrogens with one attached hydrogen (secondary N) is 2. The van der Waals surface area contributed by atoms with Gasteiger partial charge in [-0.3, -0.25) is 9.59 Å². The number of carbonyl (C=O) groups is 2. The van der Waals surface area contributed by atoms with E-state index in [1.54, 1.807) is 24.3 Å². The lowest BCUT2D eigenvalue weighted by Crippen LogP contribution is -2.13. The van der Waals surface area contributed by atoms with Crippen molar-refractivity contribution >= 4 is 50.5 Å². The van der Waals surface area contributed by atoms with Gasteiger partial charge in [-0.1, -0.05) is 15.9 Å². The first-order chi connectivity index (χ1) is 10.5. The number of hydrogen-bond donors (Lipinski definition) is 2. The molecule has 0 aliphatic carbocycles. The zero-order chi connectivity index (χ0) is 15.7. The Morgan fingerprint density at radius 3 is 2.59 bits per heavy atom. The van der Waals surface area contributed by atoms with Crippen LogP contribution in [0.5, 0.6) is 0 Å². The van der Waals surface area contributed by atoms with Crippen LogP contribution >= 0.6 is 15.9 Å². The monoisotopic (exact) mass is 357 g/mol. The fourth-order valence-electron chi connectivity index (χ4n) is 2.19. The molecule has 0 atom stereocenters. The van der Waals surface area contributed by atoms with E-state index in [0.29, 0.717) is 17.1 Å². The third-order valence-corrected chi connectivity index (χ3v) is 3.62. The van der Waals surface area contributed by atoms with Crippen LogP contribution in [-0.2, 0) is 9.59 Å². The molecule has 2 amide bonds. The van der Waals surface area contributed by atoms with Gasteiger partial charge in [0, 0.05) is 22.6 Å². The molecule has 110 valence electrons. The number of benzene rings is 2. The maximum absolute atomic E-state index is 12.0. The van der Waals surface area contributed by atoms with Gasteiger partial charge in [0.2, 0.25) is 5.91 Å². The molecule has 1 aliphatic rings. The van der Waals surface area contributed by atoms with Crippen LogP contribution in [0.4, 0.5) is 17.1 Å². The van der Waals surface area contributed by atoms with Gasteiger partial charge in [0.1, 0.15) is 5.71 Å². The molecule has 0 aromatic heterocycles. The fraction of sp³-hybridized carbons (Fsp3) is 0.0625. The van der Waals surface area contributed by atoms with Crippen LogP contribution in [0.1, 0.15) is 12.5 Å². The Balaban J connectivity index is 1.94. The summed E-state index contributed by atoms with van der Waals surface area (Å²) in [6.07, 6.45) is 0. The third-order valence-electron chi connectivity index (χ3n) is 3.13. The summed E-state index contributed by atoms with van der Waals surface area (Å²) in [6, 6.07) is 12.6. The molecule has 0 spiro atoms. The fourth-order valence-corrected chi connectivity index (χ4v) is 2.55. The van der Waals surface area contributed by atoms with Gasteiger partial charge in [0.25, 0.3) is 5.91 Å². The lowest BCUT2D eigenvalue weighted by molar-refractivity contribution is -0.114. The van der Waals surface area contributed by atoms with Gasteiger partial charge >= 0.3 is 0 Å². The Morgan fingerprint density at radius 2 is 1.91 bits per heavy atom. The number of carbonyl (C=O) groups excluding carboxylic acids is 2. The van der Waals surface area contributed by atoms with Crippen molar-refractivity contribution in [3.63, 3.8) is 0 Å². The molecule has 0 unspecified atom stereocenters. The van der Waals surface area contributed by atoms with Gasteiger partial charge in [0.15, 0.2) is 0 Å². The molecule has 0 saturated carbocycles. The lowest BCUT2D eigenvalue weighted by Gasteiger charge is -2.02. The van der Waals surface area contributed by atoms with E-state index in [1.807, 2.05) is 18.2 Å². The number of amides is 2. The second-order valence-electron chi connectivity index (χ2n) is 4.83. The highest BCUT2D eigenvalue weighted by atomic mass is 79.9. The predicted octanol–water partition coefficient (Wildman–Crippen LogP) is 3.48. The second kappa shape index (κ2) is 5.73. The first-order valence-electron chi connectivity index (χ1n) is 6.60. The maximum Gasteiger partial charge on any atom is 0.275 e. The van der Waals surface area contributed by atoms with E-state index in [2.05, 4.69) is 31.6 Å². The summed E-state index contributed by atoms with van der Waals surface area (Å²) >= 11 is 3.40. The molecule has 0 fully saturated rings. The van der Waals surface area contributed by atoms with Gasteiger partial charge in [-0.15, -0.1) is 0 Å². The average Bonchev–Trinajstić information content (AvgIpc) is 2.76. The highest BCUT2D eigenvalue weighted by molar-refractivity contribution is 9.10. The first kappa shape index (κ1) is 14.5. The number of nitrogens with zero attached hydrogens (tertiary/aromatic N) is 1. The summed E-state index contributed by atoms with van der Waals surface area (Å²) in [6.45, 7) is 1.45. The second-order valence-corrected chi connectivity index (χ2v) is 5.75. The zero-order valence-corrected chi connectivity index (χ0v) is 13.3. The van der Waals surface area contributed by atoms with E-state index < -0.39 is 0 Å². The molecule has 6 heteroatoms. The molecule has 0 radical (unpaired) electrons. The Morgan fingerprint density at radius 1 is 1.18 bits per heavy atom. The number of hydrogen-bond acceptors (Lipinski definition) is 3. The highest BCUT2D eigenvalue weighted by Crippen LogP contribution is 2.28. The van der Waals surface area contributed by atoms with Gasteiger partial charge in [-0.25, -0.2) is 4.99 Å². The Labute approximate surface area is 135 Å². The summed E-state index contributed by atoms with van der Waals surface area (Å²) in [5.74, 6) is -0.355. The normalized spacial score (nSPS) is 14.6. The minimum Gasteiger partial charge on any atom is -0.326 e. The molecule has 22 heavy (non-hydrogen) atoms. The molecule has 0 saturated heterocycles. The van der Waals surface area contributed by atoms with Crippen LogP contribution in [0.25, 0.3) is 0 Å². The number of halogens is 1. The van der Waals surface area contributed by atoms with Crippen molar-refractivity contribution in [2.24, 2.45) is 4.99 Å². The van der Waals surface area contributed by atoms with Crippen molar-refractivity contribution in [3.05, 3.63) is 52.5 Å². The Bertz CT molecular complexity index is 798. The minimum atomic E-state index is -0.223. The van der Waals surface area contributed by atoms with E-state index in [4.69, 9.17) is 0 Å². The highest BCUT2D eigenvalue weighted by Gasteiger charge is 2.25. The van der Waals surface area contributed by atoms with Crippen LogP contribution in [0.2, 0.25) is 0 Å². The predicted molar refractivity (Wildman–Crippen MR) is 89.7 cm³/mol. The summed E-state index contributed by atoms with van der Waals surface area (Å²) in [5.41, 5.74) is 3.23. The van der Waals surface area contributed by atoms with Crippen molar-refractivity contribution in [1.82, 2.24) is 0 Å². The van der Waals surface area contributed by atoms with Gasteiger partial charge in [-0.2, -0.15) is 0 Å². The molecule has 5 nitrogen and oxygen atoms in total. The average molecular weight is 358 g/mol. The number of rotatable bonds is 2. The molecule has 2 aromatic carbocycles. The summed E-state index contributed by atoms with van der Waals surface area (Å²) in [4.78, 5) is 27.5. The largest absolute Gasteiger partial charge is 0.326 e. The van der Waals surface area contributed by atoms with Crippen LogP contribution < -0.4 is 10.6 Å². The van der Waals surface area contributed by atoms with Gasteiger partial charge < -0.3 is 10.6 Å². The van der Waals surface area contributed by atoms with Gasteiger partial charge in [0.05, 0.1) is 11.4 Å². The van der Waals surface area contributed by atoms with Crippen molar-refractivity contribution < 1.29 is 9.59 Å². The Kier molecular flexibility index (Phi) is 3.77. The van der Waals surface area contributed by atoms with E-state index in [1.165, 1.54) is 6.92 Å². The first-order valence-corrected chi connectivity index (χ1v) is 7.40. The summed E-state index contributed by atoms with van der Waals surface area (Å²) < 4.78 is 0.886. The van der Waals surface area contributed by atoms with Crippen molar-refractivity contribution in [1.29, 1.82) is 0 Å². The SMILES string of the molecule is CC(=O)Nc1ccc(N=C2C(=O)Nc3ccc(Br)cc32)cc1. The van der Waals surface area contributed by atoms with Crippen molar-refractivity contribution in [3.8, 4) is 0 Å². The molecular formula is C16H12BrN3O2. The van der Waals surface area contributed by atoms with Crippen molar-refractivity contribution in [2.45, 2.75) is 6.92 Å². The summed E-state index contributed by atoms with van der Waals surface area (Å²) in [7, 11) is 0. The number of anilines is 2. The zero-order valence-electron chi connectivity index (χ0n) is 11.7. The third kappa shape index (κ3) is 2.92. The smallest absolute Gasteiger partial charge is 0.275 e. The molecule has 1 heterocycles. The molecule has 2 aromatic rings. The van der Waals surface area contributed by atoms with Crippen LogP contribution in [-0.4, -0.2) is 17.5 Å². The standard InChI is InChI=1S/C16H12BrN3O2/c1-9(21)18-11-3-5-12(6-4-11)19-15-13-8-10(17)2-7-14(13)20-16(15)22/h2-8H,1H3,(H,18,21)(H,19,20,22). The number of fused-ring (bicyclic) bond motifs is 1. The Hall–Kier alpha value is -2.47. The number of aliphatic imine (C=N–C) groups is 1. The van der Waals surface area contributed by atoms with E-state index >= 15 is 0 Å².